The highest BCUT2D eigenvalue weighted by molar-refractivity contribution is 5.40. The maximum Gasteiger partial charge on any atom is 0.289 e. The van der Waals surface area contributed by atoms with Crippen molar-refractivity contribution in [3.8, 4) is 0 Å². The molecular weight excluding hydrogens is 170 g/mol. The van der Waals surface area contributed by atoms with Gasteiger partial charge in [0.1, 0.15) is 5.69 Å². The third-order valence-electron chi connectivity index (χ3n) is 1.89. The number of nitrogen functional groups attached to an aromatic ring is 1. The fraction of sp³-hybridized carbons (Fsp3) is 0.625. The van der Waals surface area contributed by atoms with Crippen LogP contribution in [0.25, 0.3) is 0 Å². The van der Waals surface area contributed by atoms with Crippen molar-refractivity contribution in [3.05, 3.63) is 16.0 Å². The Balaban J connectivity index is 2.98. The van der Waals surface area contributed by atoms with Crippen molar-refractivity contribution in [2.24, 2.45) is 0 Å². The number of aryl methyl sites for hydroxylation is 1. The molecule has 0 aliphatic heterocycles. The second-order valence-electron chi connectivity index (χ2n) is 2.93. The van der Waals surface area contributed by atoms with Crippen LogP contribution in [0.2, 0.25) is 0 Å². The summed E-state index contributed by atoms with van der Waals surface area (Å²) in [6.07, 6.45) is 1.70. The Morgan fingerprint density at radius 3 is 2.85 bits per heavy atom. The lowest BCUT2D eigenvalue weighted by atomic mass is 10.2. The number of hydrogen-bond donors (Lipinski definition) is 3. The topological polar surface area (TPSA) is 84.0 Å². The van der Waals surface area contributed by atoms with Gasteiger partial charge >= 0.3 is 0 Å². The van der Waals surface area contributed by atoms with E-state index < -0.39 is 0 Å². The van der Waals surface area contributed by atoms with Crippen LogP contribution in [0, 0.1) is 0 Å². The first kappa shape index (κ1) is 9.85. The van der Waals surface area contributed by atoms with Gasteiger partial charge in [0.05, 0.1) is 18.8 Å². The molecule has 0 aliphatic rings. The quantitative estimate of drug-likeness (QED) is 0.602. The van der Waals surface area contributed by atoms with Crippen molar-refractivity contribution in [3.63, 3.8) is 0 Å². The number of nitrogens with zero attached hydrogens (tertiary/aromatic N) is 1. The molecule has 0 aliphatic carbocycles. The average Bonchev–Trinajstić information content (AvgIpc) is 2.36. The molecule has 0 aromatic carbocycles. The first-order chi connectivity index (χ1) is 6.20. The summed E-state index contributed by atoms with van der Waals surface area (Å²) in [6, 6.07) is 0. The summed E-state index contributed by atoms with van der Waals surface area (Å²) in [4.78, 5) is 11.3. The van der Waals surface area contributed by atoms with E-state index in [1.54, 1.807) is 0 Å². The number of aromatic amines is 1. The highest BCUT2D eigenvalue weighted by Crippen LogP contribution is 2.05. The third-order valence-corrected chi connectivity index (χ3v) is 1.89. The Morgan fingerprint density at radius 1 is 1.62 bits per heavy atom. The van der Waals surface area contributed by atoms with Crippen LogP contribution in [0.5, 0.6) is 0 Å². The molecule has 0 radical (unpaired) electrons. The molecule has 1 aromatic rings. The van der Waals surface area contributed by atoms with E-state index in [9.17, 15) is 4.79 Å². The molecule has 0 saturated carbocycles. The number of aliphatic hydroxyl groups is 1. The lowest BCUT2D eigenvalue weighted by molar-refractivity contribution is 0.267. The average molecular weight is 185 g/mol. The maximum atomic E-state index is 11.3. The number of nitrogens with one attached hydrogen (secondary N) is 1. The van der Waals surface area contributed by atoms with Gasteiger partial charge in [-0.1, -0.05) is 13.3 Å². The van der Waals surface area contributed by atoms with E-state index in [1.165, 1.54) is 4.68 Å². The van der Waals surface area contributed by atoms with E-state index in [4.69, 9.17) is 10.8 Å². The van der Waals surface area contributed by atoms with Gasteiger partial charge in [0, 0.05) is 0 Å². The molecule has 0 bridgehead atoms. The van der Waals surface area contributed by atoms with Crippen LogP contribution in [-0.2, 0) is 13.0 Å². The second-order valence-corrected chi connectivity index (χ2v) is 2.93. The number of aliphatic hydroxyl groups excluding tert-OH is 1. The molecule has 0 spiro atoms. The Bertz CT molecular complexity index is 327. The number of nitrogens with two attached hydrogens (primary N) is 1. The van der Waals surface area contributed by atoms with Gasteiger partial charge in [-0.15, -0.1) is 0 Å². The normalized spacial score (nSPS) is 10.6. The molecule has 0 unspecified atom stereocenters. The zero-order chi connectivity index (χ0) is 9.84. The largest absolute Gasteiger partial charge is 0.394 e. The molecule has 0 fully saturated rings. The predicted octanol–water partition coefficient (Wildman–Crippen LogP) is -0.297. The summed E-state index contributed by atoms with van der Waals surface area (Å²) < 4.78 is 1.33. The fourth-order valence-electron chi connectivity index (χ4n) is 1.25. The van der Waals surface area contributed by atoms with Crippen LogP contribution in [0.3, 0.4) is 0 Å². The monoisotopic (exact) mass is 185 g/mol. The van der Waals surface area contributed by atoms with E-state index in [0.29, 0.717) is 0 Å². The molecule has 74 valence electrons. The molecule has 1 rings (SSSR count). The number of rotatable bonds is 4. The molecule has 1 aromatic heterocycles. The van der Waals surface area contributed by atoms with Crippen LogP contribution >= 0.6 is 0 Å². The Kier molecular flexibility index (Phi) is 3.13. The van der Waals surface area contributed by atoms with Crippen molar-refractivity contribution in [1.29, 1.82) is 0 Å². The van der Waals surface area contributed by atoms with Gasteiger partial charge in [0.2, 0.25) is 0 Å². The van der Waals surface area contributed by atoms with Crippen molar-refractivity contribution in [2.45, 2.75) is 26.3 Å². The van der Waals surface area contributed by atoms with Gasteiger partial charge in [0.15, 0.2) is 0 Å². The standard InChI is InChI=1S/C8H15N3O2/c1-2-3-6-7(9)8(13)11(10-6)4-5-12/h10,12H,2-5,9H2,1H3. The Labute approximate surface area is 76.2 Å². The SMILES string of the molecule is CCCc1[nH]n(CCO)c(=O)c1N. The highest BCUT2D eigenvalue weighted by atomic mass is 16.3. The summed E-state index contributed by atoms with van der Waals surface area (Å²) in [6.45, 7) is 2.22. The molecule has 1 heterocycles. The summed E-state index contributed by atoms with van der Waals surface area (Å²) in [5, 5.41) is 11.5. The van der Waals surface area contributed by atoms with E-state index in [2.05, 4.69) is 5.10 Å². The van der Waals surface area contributed by atoms with Gasteiger partial charge < -0.3 is 10.8 Å². The minimum absolute atomic E-state index is 0.0641. The molecule has 13 heavy (non-hydrogen) atoms. The predicted molar refractivity (Wildman–Crippen MR) is 50.5 cm³/mol. The van der Waals surface area contributed by atoms with E-state index in [-0.39, 0.29) is 24.4 Å². The molecule has 0 amide bonds. The first-order valence-electron chi connectivity index (χ1n) is 4.38. The lowest BCUT2D eigenvalue weighted by Crippen LogP contribution is -2.20. The Morgan fingerprint density at radius 2 is 2.31 bits per heavy atom. The van der Waals surface area contributed by atoms with Crippen molar-refractivity contribution >= 4 is 5.69 Å². The van der Waals surface area contributed by atoms with Crippen molar-refractivity contribution < 1.29 is 5.11 Å². The van der Waals surface area contributed by atoms with Crippen LogP contribution in [0.1, 0.15) is 19.0 Å². The third kappa shape index (κ3) is 1.92. The molecule has 0 saturated heterocycles. The van der Waals surface area contributed by atoms with Gasteiger partial charge in [-0.2, -0.15) is 0 Å². The van der Waals surface area contributed by atoms with Crippen molar-refractivity contribution in [2.75, 3.05) is 12.3 Å². The first-order valence-corrected chi connectivity index (χ1v) is 4.38. The summed E-state index contributed by atoms with van der Waals surface area (Å²) in [5.74, 6) is 0. The minimum atomic E-state index is -0.238. The number of aromatic nitrogens is 2. The van der Waals surface area contributed by atoms with Crippen LogP contribution in [0.4, 0.5) is 5.69 Å². The second kappa shape index (κ2) is 4.13. The van der Waals surface area contributed by atoms with Crippen LogP contribution < -0.4 is 11.3 Å². The summed E-state index contributed by atoms with van der Waals surface area (Å²) >= 11 is 0. The van der Waals surface area contributed by atoms with Crippen LogP contribution in [0.15, 0.2) is 4.79 Å². The van der Waals surface area contributed by atoms with Gasteiger partial charge in [-0.25, -0.2) is 4.68 Å². The number of hydrogen-bond acceptors (Lipinski definition) is 3. The van der Waals surface area contributed by atoms with E-state index in [0.717, 1.165) is 18.5 Å². The van der Waals surface area contributed by atoms with Gasteiger partial charge in [-0.05, 0) is 6.42 Å². The van der Waals surface area contributed by atoms with Crippen LogP contribution in [-0.4, -0.2) is 21.5 Å². The zero-order valence-electron chi connectivity index (χ0n) is 7.71. The lowest BCUT2D eigenvalue weighted by Gasteiger charge is -1.96. The summed E-state index contributed by atoms with van der Waals surface area (Å²) in [5.41, 5.74) is 6.37. The van der Waals surface area contributed by atoms with E-state index >= 15 is 0 Å². The molecular formula is C8H15N3O2. The minimum Gasteiger partial charge on any atom is -0.394 e. The maximum absolute atomic E-state index is 11.3. The molecule has 5 heteroatoms. The zero-order valence-corrected chi connectivity index (χ0v) is 7.71. The number of H-pyrrole nitrogens is 1. The molecule has 4 N–H and O–H groups in total. The Hall–Kier alpha value is -1.23. The highest BCUT2D eigenvalue weighted by Gasteiger charge is 2.08. The molecule has 5 nitrogen and oxygen atoms in total. The summed E-state index contributed by atoms with van der Waals surface area (Å²) in [7, 11) is 0. The van der Waals surface area contributed by atoms with Gasteiger partial charge in [0.25, 0.3) is 5.56 Å². The fourth-order valence-corrected chi connectivity index (χ4v) is 1.25. The van der Waals surface area contributed by atoms with Crippen molar-refractivity contribution in [1.82, 2.24) is 9.78 Å². The smallest absolute Gasteiger partial charge is 0.289 e. The van der Waals surface area contributed by atoms with Gasteiger partial charge in [-0.3, -0.25) is 9.89 Å². The number of anilines is 1. The van der Waals surface area contributed by atoms with E-state index in [1.807, 2.05) is 6.92 Å². The molecule has 0 atom stereocenters.